The fraction of sp³-hybridized carbons (Fsp3) is 0.571. The van der Waals surface area contributed by atoms with E-state index in [0.29, 0.717) is 5.92 Å². The predicted molar refractivity (Wildman–Crippen MR) is 67.7 cm³/mol. The average molecular weight is 271 g/mol. The molecule has 0 aromatic heterocycles. The van der Waals surface area contributed by atoms with Crippen molar-refractivity contribution in [2.45, 2.75) is 18.9 Å². The van der Waals surface area contributed by atoms with Gasteiger partial charge in [-0.15, -0.1) is 0 Å². The summed E-state index contributed by atoms with van der Waals surface area (Å²) >= 11 is 0. The van der Waals surface area contributed by atoms with Gasteiger partial charge in [0.1, 0.15) is 11.6 Å². The van der Waals surface area contributed by atoms with E-state index in [9.17, 15) is 13.9 Å². The number of benzene rings is 1. The maximum Gasteiger partial charge on any atom is 0.131 e. The van der Waals surface area contributed by atoms with Crippen molar-refractivity contribution < 1.29 is 18.6 Å². The Bertz CT molecular complexity index is 408. The van der Waals surface area contributed by atoms with Gasteiger partial charge in [0.05, 0.1) is 6.10 Å². The highest BCUT2D eigenvalue weighted by atomic mass is 19.1. The van der Waals surface area contributed by atoms with Crippen LogP contribution in [0.15, 0.2) is 18.2 Å². The summed E-state index contributed by atoms with van der Waals surface area (Å²) < 4.78 is 31.5. The molecule has 0 radical (unpaired) electrons. The summed E-state index contributed by atoms with van der Waals surface area (Å²) in [4.78, 5) is 0. The summed E-state index contributed by atoms with van der Waals surface area (Å²) in [6.07, 6.45) is 1.06. The average Bonchev–Trinajstić information content (AvgIpc) is 2.39. The van der Waals surface area contributed by atoms with Crippen LogP contribution in [0.1, 0.15) is 24.5 Å². The van der Waals surface area contributed by atoms with Crippen LogP contribution >= 0.6 is 0 Å². The van der Waals surface area contributed by atoms with E-state index in [1.807, 2.05) is 0 Å². The molecule has 5 heteroatoms. The summed E-state index contributed by atoms with van der Waals surface area (Å²) in [5, 5.41) is 13.0. The van der Waals surface area contributed by atoms with Crippen LogP contribution in [-0.4, -0.2) is 31.4 Å². The second-order valence-electron chi connectivity index (χ2n) is 4.90. The molecule has 0 spiro atoms. The van der Waals surface area contributed by atoms with Gasteiger partial charge in [-0.3, -0.25) is 0 Å². The van der Waals surface area contributed by atoms with E-state index in [-0.39, 0.29) is 12.1 Å². The monoisotopic (exact) mass is 271 g/mol. The van der Waals surface area contributed by atoms with Gasteiger partial charge < -0.3 is 15.2 Å². The highest BCUT2D eigenvalue weighted by Gasteiger charge is 2.16. The summed E-state index contributed by atoms with van der Waals surface area (Å²) in [6, 6.07) is 3.22. The summed E-state index contributed by atoms with van der Waals surface area (Å²) in [5.41, 5.74) is 0.126. The molecular formula is C14H19F2NO2. The fourth-order valence-electron chi connectivity index (χ4n) is 2.26. The van der Waals surface area contributed by atoms with Gasteiger partial charge >= 0.3 is 0 Å². The van der Waals surface area contributed by atoms with Gasteiger partial charge in [-0.2, -0.15) is 0 Å². The van der Waals surface area contributed by atoms with Gasteiger partial charge in [-0.25, -0.2) is 8.78 Å². The molecule has 0 saturated carbocycles. The second-order valence-corrected chi connectivity index (χ2v) is 4.90. The third-order valence-corrected chi connectivity index (χ3v) is 3.43. The van der Waals surface area contributed by atoms with Crippen molar-refractivity contribution in [1.82, 2.24) is 5.32 Å². The van der Waals surface area contributed by atoms with Gasteiger partial charge in [0.25, 0.3) is 0 Å². The lowest BCUT2D eigenvalue weighted by molar-refractivity contribution is 0.0648. The number of nitrogens with one attached hydrogen (secondary N) is 1. The molecular weight excluding hydrogens is 252 g/mol. The lowest BCUT2D eigenvalue weighted by atomic mass is 10.0. The van der Waals surface area contributed by atoms with Gasteiger partial charge in [0, 0.05) is 31.4 Å². The van der Waals surface area contributed by atoms with Crippen molar-refractivity contribution in [3.63, 3.8) is 0 Å². The molecule has 0 aliphatic carbocycles. The van der Waals surface area contributed by atoms with Crippen LogP contribution in [-0.2, 0) is 4.74 Å². The van der Waals surface area contributed by atoms with Crippen LogP contribution in [0, 0.1) is 17.6 Å². The van der Waals surface area contributed by atoms with E-state index < -0.39 is 17.7 Å². The van der Waals surface area contributed by atoms with Crippen molar-refractivity contribution >= 4 is 0 Å². The van der Waals surface area contributed by atoms with Crippen LogP contribution in [0.5, 0.6) is 0 Å². The summed E-state index contributed by atoms with van der Waals surface area (Å²) in [5.74, 6) is -0.803. The highest BCUT2D eigenvalue weighted by molar-refractivity contribution is 5.21. The van der Waals surface area contributed by atoms with E-state index >= 15 is 0 Å². The van der Waals surface area contributed by atoms with Crippen LogP contribution in [0.3, 0.4) is 0 Å². The van der Waals surface area contributed by atoms with E-state index in [2.05, 4.69) is 5.32 Å². The molecule has 1 atom stereocenters. The number of halogens is 2. The number of ether oxygens (including phenoxy) is 1. The Morgan fingerprint density at radius 1 is 1.32 bits per heavy atom. The zero-order valence-electron chi connectivity index (χ0n) is 10.7. The maximum atomic E-state index is 13.4. The molecule has 1 saturated heterocycles. The predicted octanol–water partition coefficient (Wildman–Crippen LogP) is 2.01. The first-order valence-electron chi connectivity index (χ1n) is 6.58. The molecule has 0 amide bonds. The van der Waals surface area contributed by atoms with Gasteiger partial charge in [-0.05, 0) is 31.4 Å². The minimum atomic E-state index is -0.958. The largest absolute Gasteiger partial charge is 0.387 e. The Morgan fingerprint density at radius 3 is 2.74 bits per heavy atom. The first kappa shape index (κ1) is 14.4. The molecule has 19 heavy (non-hydrogen) atoms. The number of hydrogen-bond acceptors (Lipinski definition) is 3. The van der Waals surface area contributed by atoms with E-state index in [4.69, 9.17) is 4.74 Å². The third kappa shape index (κ3) is 4.23. The quantitative estimate of drug-likeness (QED) is 0.861. The molecule has 1 aliphatic heterocycles. The van der Waals surface area contributed by atoms with E-state index in [1.54, 1.807) is 0 Å². The van der Waals surface area contributed by atoms with E-state index in [0.717, 1.165) is 44.7 Å². The first-order valence-corrected chi connectivity index (χ1v) is 6.58. The van der Waals surface area contributed by atoms with Gasteiger partial charge in [0.2, 0.25) is 0 Å². The van der Waals surface area contributed by atoms with Gasteiger partial charge in [-0.1, -0.05) is 6.07 Å². The molecule has 1 aliphatic rings. The molecule has 106 valence electrons. The minimum absolute atomic E-state index is 0.126. The smallest absolute Gasteiger partial charge is 0.131 e. The van der Waals surface area contributed by atoms with E-state index in [1.165, 1.54) is 6.07 Å². The molecule has 1 aromatic rings. The minimum Gasteiger partial charge on any atom is -0.387 e. The standard InChI is InChI=1S/C14H19F2NO2/c15-11-1-2-12(13(16)7-11)14(18)9-17-8-10-3-5-19-6-4-10/h1-2,7,10,14,17-18H,3-6,8-9H2. The highest BCUT2D eigenvalue weighted by Crippen LogP contribution is 2.18. The van der Waals surface area contributed by atoms with Gasteiger partial charge in [0.15, 0.2) is 0 Å². The molecule has 3 nitrogen and oxygen atoms in total. The first-order chi connectivity index (χ1) is 9.16. The molecule has 1 fully saturated rings. The van der Waals surface area contributed by atoms with Crippen LogP contribution in [0.4, 0.5) is 8.78 Å². The van der Waals surface area contributed by atoms with Crippen molar-refractivity contribution in [1.29, 1.82) is 0 Å². The Morgan fingerprint density at radius 2 is 2.05 bits per heavy atom. The third-order valence-electron chi connectivity index (χ3n) is 3.43. The lowest BCUT2D eigenvalue weighted by Crippen LogP contribution is -2.30. The molecule has 1 heterocycles. The van der Waals surface area contributed by atoms with Crippen LogP contribution in [0.2, 0.25) is 0 Å². The fourth-order valence-corrected chi connectivity index (χ4v) is 2.26. The zero-order valence-corrected chi connectivity index (χ0v) is 10.7. The Labute approximate surface area is 111 Å². The number of aliphatic hydroxyl groups is 1. The van der Waals surface area contributed by atoms with Crippen molar-refractivity contribution in [3.05, 3.63) is 35.4 Å². The summed E-state index contributed by atoms with van der Waals surface area (Å²) in [7, 11) is 0. The molecule has 2 rings (SSSR count). The summed E-state index contributed by atoms with van der Waals surface area (Å²) in [6.45, 7) is 2.60. The number of aliphatic hydroxyl groups excluding tert-OH is 1. The molecule has 1 unspecified atom stereocenters. The molecule has 2 N–H and O–H groups in total. The topological polar surface area (TPSA) is 41.5 Å². The van der Waals surface area contributed by atoms with Crippen molar-refractivity contribution in [3.8, 4) is 0 Å². The Kier molecular flexibility index (Phi) is 5.24. The maximum absolute atomic E-state index is 13.4. The second kappa shape index (κ2) is 6.93. The van der Waals surface area contributed by atoms with Crippen LogP contribution in [0.25, 0.3) is 0 Å². The normalized spacial score (nSPS) is 18.5. The number of hydrogen-bond donors (Lipinski definition) is 2. The van der Waals surface area contributed by atoms with Crippen LogP contribution < -0.4 is 5.32 Å². The number of rotatable bonds is 5. The molecule has 0 bridgehead atoms. The Balaban J connectivity index is 1.78. The van der Waals surface area contributed by atoms with Crippen molar-refractivity contribution in [2.24, 2.45) is 5.92 Å². The zero-order chi connectivity index (χ0) is 13.7. The molecule has 1 aromatic carbocycles. The SMILES string of the molecule is OC(CNCC1CCOCC1)c1ccc(F)cc1F. The lowest BCUT2D eigenvalue weighted by Gasteiger charge is -2.23. The van der Waals surface area contributed by atoms with Crippen molar-refractivity contribution in [2.75, 3.05) is 26.3 Å². The Hall–Kier alpha value is -1.04.